The fourth-order valence-corrected chi connectivity index (χ4v) is 5.18. The fourth-order valence-electron chi connectivity index (χ4n) is 4.12. The number of sulfonamides is 1. The van der Waals surface area contributed by atoms with E-state index in [0.29, 0.717) is 5.69 Å². The van der Waals surface area contributed by atoms with Crippen molar-refractivity contribution in [3.05, 3.63) is 72.3 Å². The molecule has 0 aliphatic heterocycles. The van der Waals surface area contributed by atoms with Gasteiger partial charge in [-0.25, -0.2) is 18.2 Å². The summed E-state index contributed by atoms with van der Waals surface area (Å²) in [5.74, 6) is 0. The zero-order valence-corrected chi connectivity index (χ0v) is 20.1. The zero-order valence-electron chi connectivity index (χ0n) is 18.5. The van der Waals surface area contributed by atoms with Gasteiger partial charge in [-0.1, -0.05) is 55.3 Å². The van der Waals surface area contributed by atoms with Gasteiger partial charge in [0, 0.05) is 18.8 Å². The standard InChI is InChI=1S/C24H28N4O3S.ClH/c1-27(22-8-4-5-9-22)24(29)28(17-18-10-13-21(25)14-11-18)26-32(30,31)23-15-12-19-6-2-3-7-20(19)16-23;/h2-3,6-7,10-16,22,26H,4-5,8-9,17,25H2,1H3;1H. The van der Waals surface area contributed by atoms with E-state index in [4.69, 9.17) is 5.73 Å². The minimum atomic E-state index is -3.98. The first kappa shape index (κ1) is 24.8. The van der Waals surface area contributed by atoms with Gasteiger partial charge in [-0.05, 0) is 53.4 Å². The minimum Gasteiger partial charge on any atom is -0.399 e. The maximum absolute atomic E-state index is 13.3. The number of urea groups is 1. The number of amides is 2. The van der Waals surface area contributed by atoms with Gasteiger partial charge in [-0.2, -0.15) is 0 Å². The summed E-state index contributed by atoms with van der Waals surface area (Å²) in [5, 5.41) is 2.94. The van der Waals surface area contributed by atoms with E-state index in [2.05, 4.69) is 4.83 Å². The Kier molecular flexibility index (Phi) is 7.84. The van der Waals surface area contributed by atoms with Gasteiger partial charge in [0.15, 0.2) is 0 Å². The third-order valence-electron chi connectivity index (χ3n) is 5.99. The third-order valence-corrected chi connectivity index (χ3v) is 7.32. The first-order valence-electron chi connectivity index (χ1n) is 10.7. The number of hydrogen-bond acceptors (Lipinski definition) is 4. The molecule has 0 saturated heterocycles. The number of benzene rings is 3. The molecule has 176 valence electrons. The third kappa shape index (κ3) is 5.76. The Morgan fingerprint density at radius 1 is 1.00 bits per heavy atom. The van der Waals surface area contributed by atoms with Crippen molar-refractivity contribution in [3.8, 4) is 0 Å². The van der Waals surface area contributed by atoms with Crippen molar-refractivity contribution >= 4 is 44.9 Å². The van der Waals surface area contributed by atoms with E-state index in [1.165, 1.54) is 5.01 Å². The predicted octanol–water partition coefficient (Wildman–Crippen LogP) is 4.53. The number of nitrogen functional groups attached to an aromatic ring is 1. The molecular formula is C24H29ClN4O3S. The quantitative estimate of drug-likeness (QED) is 0.393. The molecule has 0 bridgehead atoms. The molecule has 3 N–H and O–H groups in total. The van der Waals surface area contributed by atoms with Crippen LogP contribution in [0.2, 0.25) is 0 Å². The van der Waals surface area contributed by atoms with E-state index in [9.17, 15) is 13.2 Å². The van der Waals surface area contributed by atoms with E-state index in [1.54, 1.807) is 54.4 Å². The van der Waals surface area contributed by atoms with Crippen molar-refractivity contribution in [2.75, 3.05) is 12.8 Å². The molecule has 1 aliphatic rings. The van der Waals surface area contributed by atoms with Crippen LogP contribution in [0.15, 0.2) is 71.6 Å². The number of hydrazine groups is 1. The molecule has 0 aromatic heterocycles. The summed E-state index contributed by atoms with van der Waals surface area (Å²) >= 11 is 0. The number of hydrogen-bond donors (Lipinski definition) is 2. The first-order valence-corrected chi connectivity index (χ1v) is 12.2. The predicted molar refractivity (Wildman–Crippen MR) is 133 cm³/mol. The number of nitrogens with one attached hydrogen (secondary N) is 1. The molecule has 0 spiro atoms. The molecule has 1 aliphatic carbocycles. The zero-order chi connectivity index (χ0) is 22.7. The summed E-state index contributed by atoms with van der Waals surface area (Å²) < 4.78 is 26.5. The Morgan fingerprint density at radius 3 is 2.30 bits per heavy atom. The van der Waals surface area contributed by atoms with Gasteiger partial charge in [-0.3, -0.25) is 0 Å². The first-order chi connectivity index (χ1) is 15.3. The molecule has 0 unspecified atom stereocenters. The summed E-state index contributed by atoms with van der Waals surface area (Å²) in [6.07, 6.45) is 4.00. The summed E-state index contributed by atoms with van der Waals surface area (Å²) in [6, 6.07) is 19.3. The molecule has 9 heteroatoms. The number of rotatable bonds is 6. The second-order valence-electron chi connectivity index (χ2n) is 8.26. The fraction of sp³-hybridized carbons (Fsp3) is 0.292. The van der Waals surface area contributed by atoms with Gasteiger partial charge in [0.05, 0.1) is 11.4 Å². The van der Waals surface area contributed by atoms with Crippen molar-refractivity contribution in [2.24, 2.45) is 0 Å². The Morgan fingerprint density at radius 2 is 1.64 bits per heavy atom. The van der Waals surface area contributed by atoms with Crippen LogP contribution in [0, 0.1) is 0 Å². The normalized spacial score (nSPS) is 14.1. The highest BCUT2D eigenvalue weighted by atomic mass is 35.5. The average molecular weight is 489 g/mol. The summed E-state index contributed by atoms with van der Waals surface area (Å²) in [4.78, 5) is 17.6. The lowest BCUT2D eigenvalue weighted by Gasteiger charge is -2.31. The Balaban J connectivity index is 0.00000306. The SMILES string of the molecule is CN(C(=O)N(Cc1ccc(N)cc1)NS(=O)(=O)c1ccc2ccccc2c1)C1CCCC1.Cl. The molecular weight excluding hydrogens is 460 g/mol. The van der Waals surface area contributed by atoms with Gasteiger partial charge in [0.25, 0.3) is 10.0 Å². The average Bonchev–Trinajstić information content (AvgIpc) is 3.33. The van der Waals surface area contributed by atoms with Crippen LogP contribution in [0.3, 0.4) is 0 Å². The van der Waals surface area contributed by atoms with E-state index in [0.717, 1.165) is 42.0 Å². The maximum Gasteiger partial charge on any atom is 0.335 e. The van der Waals surface area contributed by atoms with Crippen molar-refractivity contribution < 1.29 is 13.2 Å². The maximum atomic E-state index is 13.3. The summed E-state index contributed by atoms with van der Waals surface area (Å²) in [7, 11) is -2.24. The van der Waals surface area contributed by atoms with Crippen LogP contribution < -0.4 is 10.6 Å². The lowest BCUT2D eigenvalue weighted by Crippen LogP contribution is -2.52. The molecule has 1 saturated carbocycles. The van der Waals surface area contributed by atoms with Crippen LogP contribution in [0.1, 0.15) is 31.2 Å². The van der Waals surface area contributed by atoms with Crippen molar-refractivity contribution in [1.29, 1.82) is 0 Å². The van der Waals surface area contributed by atoms with E-state index in [1.807, 2.05) is 24.3 Å². The van der Waals surface area contributed by atoms with Gasteiger partial charge in [0.1, 0.15) is 0 Å². The number of nitrogens with two attached hydrogens (primary N) is 1. The molecule has 4 rings (SSSR count). The molecule has 7 nitrogen and oxygen atoms in total. The highest BCUT2D eigenvalue weighted by Gasteiger charge is 2.30. The summed E-state index contributed by atoms with van der Waals surface area (Å²) in [6.45, 7) is 0.0863. The molecule has 0 atom stereocenters. The largest absolute Gasteiger partial charge is 0.399 e. The Bertz CT molecular complexity index is 1210. The van der Waals surface area contributed by atoms with Crippen molar-refractivity contribution in [1.82, 2.24) is 14.7 Å². The lowest BCUT2D eigenvalue weighted by molar-refractivity contribution is 0.135. The molecule has 3 aromatic carbocycles. The number of nitrogens with zero attached hydrogens (tertiary/aromatic N) is 2. The highest BCUT2D eigenvalue weighted by molar-refractivity contribution is 7.89. The highest BCUT2D eigenvalue weighted by Crippen LogP contribution is 2.24. The molecule has 2 amide bonds. The van der Waals surface area contributed by atoms with Gasteiger partial charge in [-0.15, -0.1) is 17.2 Å². The number of anilines is 1. The number of halogens is 1. The number of fused-ring (bicyclic) bond motifs is 1. The monoisotopic (exact) mass is 488 g/mol. The van der Waals surface area contributed by atoms with E-state index < -0.39 is 10.0 Å². The molecule has 0 radical (unpaired) electrons. The molecule has 1 fully saturated rings. The molecule has 3 aromatic rings. The molecule has 0 heterocycles. The van der Waals surface area contributed by atoms with Crippen LogP contribution in [0.4, 0.5) is 10.5 Å². The minimum absolute atomic E-state index is 0. The topological polar surface area (TPSA) is 95.7 Å². The van der Waals surface area contributed by atoms with Crippen molar-refractivity contribution in [3.63, 3.8) is 0 Å². The van der Waals surface area contributed by atoms with Crippen LogP contribution in [-0.4, -0.2) is 37.4 Å². The van der Waals surface area contributed by atoms with Crippen LogP contribution in [0.25, 0.3) is 10.8 Å². The van der Waals surface area contributed by atoms with E-state index >= 15 is 0 Å². The Labute approximate surface area is 201 Å². The number of carbonyl (C=O) groups is 1. The summed E-state index contributed by atoms with van der Waals surface area (Å²) in [5.41, 5.74) is 7.15. The van der Waals surface area contributed by atoms with Gasteiger partial charge < -0.3 is 10.6 Å². The smallest absolute Gasteiger partial charge is 0.335 e. The molecule has 33 heavy (non-hydrogen) atoms. The van der Waals surface area contributed by atoms with E-state index in [-0.39, 0.29) is 35.9 Å². The van der Waals surface area contributed by atoms with Crippen LogP contribution in [-0.2, 0) is 16.6 Å². The van der Waals surface area contributed by atoms with Crippen molar-refractivity contribution in [2.45, 2.75) is 43.2 Å². The Hall–Kier alpha value is -2.81. The van der Waals surface area contributed by atoms with Gasteiger partial charge >= 0.3 is 6.03 Å². The number of carbonyl (C=O) groups excluding carboxylic acids is 1. The van der Waals surface area contributed by atoms with Gasteiger partial charge in [0.2, 0.25) is 0 Å². The van der Waals surface area contributed by atoms with Crippen LogP contribution >= 0.6 is 12.4 Å². The second kappa shape index (κ2) is 10.4. The van der Waals surface area contributed by atoms with Crippen LogP contribution in [0.5, 0.6) is 0 Å². The second-order valence-corrected chi connectivity index (χ2v) is 9.92. The lowest BCUT2D eigenvalue weighted by atomic mass is 10.1.